The molecule has 0 aromatic heterocycles. The van der Waals surface area contributed by atoms with Crippen LogP contribution in [0.15, 0.2) is 24.3 Å². The second kappa shape index (κ2) is 15.0. The molecular formula is C25H42O. The molecule has 0 heterocycles. The quantitative estimate of drug-likeness (QED) is 0.214. The molecule has 1 aromatic carbocycles. The lowest BCUT2D eigenvalue weighted by atomic mass is 9.90. The van der Waals surface area contributed by atoms with Crippen LogP contribution in [-0.2, 0) is 0 Å². The number of Topliss-reactive ketones (excluding diaryl/α,β-unsaturated/α-hetero) is 1. The van der Waals surface area contributed by atoms with Crippen molar-refractivity contribution in [1.82, 2.24) is 0 Å². The molecule has 0 aliphatic heterocycles. The molecule has 148 valence electrons. The minimum absolute atomic E-state index is 0.158. The molecule has 0 fully saturated rings. The maximum atomic E-state index is 11.4. The number of hydrogen-bond acceptors (Lipinski definition) is 1. The summed E-state index contributed by atoms with van der Waals surface area (Å²) in [6.45, 7) is 6.20. The van der Waals surface area contributed by atoms with Crippen molar-refractivity contribution in [2.24, 2.45) is 0 Å². The highest BCUT2D eigenvalue weighted by Gasteiger charge is 2.09. The molecule has 0 aliphatic carbocycles. The monoisotopic (exact) mass is 358 g/mol. The summed E-state index contributed by atoms with van der Waals surface area (Å²) in [4.78, 5) is 11.4. The highest BCUT2D eigenvalue weighted by Crippen LogP contribution is 2.26. The van der Waals surface area contributed by atoms with E-state index < -0.39 is 0 Å². The molecule has 0 saturated carbocycles. The van der Waals surface area contributed by atoms with E-state index in [1.807, 2.05) is 12.1 Å². The van der Waals surface area contributed by atoms with E-state index in [9.17, 15) is 4.79 Å². The Hall–Kier alpha value is -1.11. The van der Waals surface area contributed by atoms with Crippen LogP contribution in [0.3, 0.4) is 0 Å². The van der Waals surface area contributed by atoms with Gasteiger partial charge in [0.2, 0.25) is 0 Å². The lowest BCUT2D eigenvalue weighted by Gasteiger charge is -2.15. The minimum Gasteiger partial charge on any atom is -0.295 e. The molecular weight excluding hydrogens is 316 g/mol. The third-order valence-corrected chi connectivity index (χ3v) is 5.69. The van der Waals surface area contributed by atoms with Gasteiger partial charge in [-0.25, -0.2) is 0 Å². The van der Waals surface area contributed by atoms with Crippen molar-refractivity contribution in [3.63, 3.8) is 0 Å². The van der Waals surface area contributed by atoms with Gasteiger partial charge in [0.25, 0.3) is 0 Å². The Bertz CT molecular complexity index is 460. The number of rotatable bonds is 16. The van der Waals surface area contributed by atoms with Gasteiger partial charge in [-0.1, -0.05) is 115 Å². The lowest BCUT2D eigenvalue weighted by Crippen LogP contribution is -1.99. The Morgan fingerprint density at radius 2 is 1.19 bits per heavy atom. The van der Waals surface area contributed by atoms with E-state index in [1.165, 1.54) is 95.5 Å². The van der Waals surface area contributed by atoms with Crippen molar-refractivity contribution in [3.8, 4) is 0 Å². The second-order valence-electron chi connectivity index (χ2n) is 7.96. The first-order valence-corrected chi connectivity index (χ1v) is 11.3. The Morgan fingerprint density at radius 1 is 0.731 bits per heavy atom. The van der Waals surface area contributed by atoms with E-state index in [4.69, 9.17) is 0 Å². The summed E-state index contributed by atoms with van der Waals surface area (Å²) in [7, 11) is 0. The molecule has 0 unspecified atom stereocenters. The zero-order valence-corrected chi connectivity index (χ0v) is 17.7. The Kier molecular flexibility index (Phi) is 13.2. The first-order chi connectivity index (χ1) is 12.7. The van der Waals surface area contributed by atoms with Crippen LogP contribution < -0.4 is 0 Å². The number of unbranched alkanes of at least 4 members (excludes halogenated alkanes) is 11. The second-order valence-corrected chi connectivity index (χ2v) is 7.96. The van der Waals surface area contributed by atoms with Crippen LogP contribution in [0.25, 0.3) is 0 Å². The highest BCUT2D eigenvalue weighted by molar-refractivity contribution is 5.94. The third kappa shape index (κ3) is 10.1. The van der Waals surface area contributed by atoms with Gasteiger partial charge in [0.15, 0.2) is 5.78 Å². The van der Waals surface area contributed by atoms with E-state index in [2.05, 4.69) is 26.0 Å². The number of benzene rings is 1. The summed E-state index contributed by atoms with van der Waals surface area (Å²) in [5.74, 6) is 0.810. The van der Waals surface area contributed by atoms with Crippen molar-refractivity contribution >= 4 is 5.78 Å². The molecule has 1 atom stereocenters. The summed E-state index contributed by atoms with van der Waals surface area (Å²) in [5.41, 5.74) is 2.23. The van der Waals surface area contributed by atoms with Crippen molar-refractivity contribution in [2.45, 2.75) is 117 Å². The fourth-order valence-corrected chi connectivity index (χ4v) is 3.83. The first-order valence-electron chi connectivity index (χ1n) is 11.3. The van der Waals surface area contributed by atoms with Gasteiger partial charge in [-0.3, -0.25) is 4.79 Å². The van der Waals surface area contributed by atoms with Gasteiger partial charge in [0.05, 0.1) is 0 Å². The molecule has 0 N–H and O–H groups in total. The standard InChI is InChI=1S/C25H42O/c1-4-6-7-8-9-10-11-12-13-14-15-16-17-23(5-2)25-20-18-24(19-21-25)22(3)26/h18-21,23H,4-17H2,1-3H3/t23-/m1/s1. The summed E-state index contributed by atoms with van der Waals surface area (Å²) in [5, 5.41) is 0. The zero-order valence-electron chi connectivity index (χ0n) is 17.7. The molecule has 1 heteroatoms. The van der Waals surface area contributed by atoms with Gasteiger partial charge >= 0.3 is 0 Å². The van der Waals surface area contributed by atoms with Crippen molar-refractivity contribution in [3.05, 3.63) is 35.4 Å². The van der Waals surface area contributed by atoms with Crippen LogP contribution in [-0.4, -0.2) is 5.78 Å². The average molecular weight is 359 g/mol. The van der Waals surface area contributed by atoms with Gasteiger partial charge in [-0.2, -0.15) is 0 Å². The fraction of sp³-hybridized carbons (Fsp3) is 0.720. The molecule has 0 spiro atoms. The van der Waals surface area contributed by atoms with E-state index >= 15 is 0 Å². The van der Waals surface area contributed by atoms with E-state index in [-0.39, 0.29) is 5.78 Å². The van der Waals surface area contributed by atoms with E-state index in [0.29, 0.717) is 5.92 Å². The van der Waals surface area contributed by atoms with Gasteiger partial charge in [0, 0.05) is 5.56 Å². The largest absolute Gasteiger partial charge is 0.295 e. The van der Waals surface area contributed by atoms with Crippen LogP contribution in [0.5, 0.6) is 0 Å². The molecule has 0 radical (unpaired) electrons. The molecule has 1 nitrogen and oxygen atoms in total. The average Bonchev–Trinajstić information content (AvgIpc) is 2.66. The number of ketones is 1. The minimum atomic E-state index is 0.158. The number of carbonyl (C=O) groups is 1. The predicted molar refractivity (Wildman–Crippen MR) is 115 cm³/mol. The predicted octanol–water partition coefficient (Wildman–Crippen LogP) is 8.47. The van der Waals surface area contributed by atoms with Crippen molar-refractivity contribution in [1.29, 1.82) is 0 Å². The SMILES string of the molecule is CCCCCCCCCCCCCC[C@@H](CC)c1ccc(C(C)=O)cc1. The molecule has 26 heavy (non-hydrogen) atoms. The van der Waals surface area contributed by atoms with Crippen LogP contribution in [0.4, 0.5) is 0 Å². The first kappa shape index (κ1) is 22.9. The maximum absolute atomic E-state index is 11.4. The molecule has 1 aromatic rings. The Balaban J connectivity index is 2.06. The van der Waals surface area contributed by atoms with E-state index in [1.54, 1.807) is 6.92 Å². The smallest absolute Gasteiger partial charge is 0.159 e. The third-order valence-electron chi connectivity index (χ3n) is 5.69. The molecule has 0 bridgehead atoms. The van der Waals surface area contributed by atoms with Crippen LogP contribution >= 0.6 is 0 Å². The molecule has 0 aliphatic rings. The fourth-order valence-electron chi connectivity index (χ4n) is 3.83. The lowest BCUT2D eigenvalue weighted by molar-refractivity contribution is 0.101. The highest BCUT2D eigenvalue weighted by atomic mass is 16.1. The topological polar surface area (TPSA) is 17.1 Å². The van der Waals surface area contributed by atoms with Gasteiger partial charge in [-0.05, 0) is 31.2 Å². The van der Waals surface area contributed by atoms with Gasteiger partial charge in [0.1, 0.15) is 0 Å². The van der Waals surface area contributed by atoms with Crippen molar-refractivity contribution < 1.29 is 4.79 Å². The summed E-state index contributed by atoms with van der Waals surface area (Å²) in [6, 6.07) is 8.29. The number of hydrogen-bond donors (Lipinski definition) is 0. The van der Waals surface area contributed by atoms with Crippen LogP contribution in [0.2, 0.25) is 0 Å². The summed E-state index contributed by atoms with van der Waals surface area (Å²) in [6.07, 6.45) is 19.4. The number of carbonyl (C=O) groups excluding carboxylic acids is 1. The van der Waals surface area contributed by atoms with Crippen LogP contribution in [0.1, 0.15) is 133 Å². The van der Waals surface area contributed by atoms with Crippen molar-refractivity contribution in [2.75, 3.05) is 0 Å². The molecule has 0 amide bonds. The van der Waals surface area contributed by atoms with Gasteiger partial charge in [-0.15, -0.1) is 0 Å². The zero-order chi connectivity index (χ0) is 19.0. The normalized spacial score (nSPS) is 12.3. The molecule has 0 saturated heterocycles. The Morgan fingerprint density at radius 3 is 1.62 bits per heavy atom. The summed E-state index contributed by atoms with van der Waals surface area (Å²) >= 11 is 0. The van der Waals surface area contributed by atoms with Crippen LogP contribution in [0, 0.1) is 0 Å². The summed E-state index contributed by atoms with van der Waals surface area (Å²) < 4.78 is 0. The maximum Gasteiger partial charge on any atom is 0.159 e. The van der Waals surface area contributed by atoms with E-state index in [0.717, 1.165) is 5.56 Å². The van der Waals surface area contributed by atoms with Gasteiger partial charge < -0.3 is 0 Å². The Labute approximate surface area is 163 Å². The molecule has 1 rings (SSSR count).